The summed E-state index contributed by atoms with van der Waals surface area (Å²) in [4.78, 5) is 26.0. The van der Waals surface area contributed by atoms with E-state index in [1.54, 1.807) is 18.2 Å². The summed E-state index contributed by atoms with van der Waals surface area (Å²) in [6.45, 7) is 4.79. The van der Waals surface area contributed by atoms with Gasteiger partial charge in [-0.3, -0.25) is 9.59 Å². The van der Waals surface area contributed by atoms with Crippen molar-refractivity contribution in [2.24, 2.45) is 5.92 Å². The van der Waals surface area contributed by atoms with Gasteiger partial charge >= 0.3 is 0 Å². The van der Waals surface area contributed by atoms with E-state index in [1.165, 1.54) is 11.1 Å². The van der Waals surface area contributed by atoms with Crippen LogP contribution in [-0.4, -0.2) is 30.7 Å². The predicted octanol–water partition coefficient (Wildman–Crippen LogP) is 2.60. The quantitative estimate of drug-likeness (QED) is 0.683. The lowest BCUT2D eigenvalue weighted by Crippen LogP contribution is -2.55. The zero-order valence-electron chi connectivity index (χ0n) is 17.2. The van der Waals surface area contributed by atoms with Gasteiger partial charge in [-0.15, -0.1) is 0 Å². The molecule has 2 heterocycles. The second kappa shape index (κ2) is 8.75. The SMILES string of the molecule is CCC(C)C(NC(=O)C1Cc2ccccc2CN1)C(=O)Nc1ccc2c(c1)OCO2. The Morgan fingerprint density at radius 3 is 2.70 bits per heavy atom. The largest absolute Gasteiger partial charge is 0.454 e. The number of nitrogens with one attached hydrogen (secondary N) is 3. The summed E-state index contributed by atoms with van der Waals surface area (Å²) in [5.74, 6) is 0.840. The van der Waals surface area contributed by atoms with Crippen LogP contribution >= 0.6 is 0 Å². The molecule has 2 amide bonds. The summed E-state index contributed by atoms with van der Waals surface area (Å²) in [6, 6.07) is 12.4. The zero-order chi connectivity index (χ0) is 21.1. The van der Waals surface area contributed by atoms with E-state index in [9.17, 15) is 9.59 Å². The Bertz CT molecular complexity index is 946. The molecule has 2 aliphatic rings. The van der Waals surface area contributed by atoms with Gasteiger partial charge in [0, 0.05) is 18.3 Å². The van der Waals surface area contributed by atoms with Crippen molar-refractivity contribution < 1.29 is 19.1 Å². The van der Waals surface area contributed by atoms with Crippen LogP contribution in [0.15, 0.2) is 42.5 Å². The molecule has 0 spiro atoms. The molecule has 7 heteroatoms. The minimum Gasteiger partial charge on any atom is -0.454 e. The van der Waals surface area contributed by atoms with Gasteiger partial charge < -0.3 is 25.4 Å². The first-order valence-electron chi connectivity index (χ1n) is 10.4. The molecule has 0 bridgehead atoms. The molecule has 158 valence electrons. The van der Waals surface area contributed by atoms with Gasteiger partial charge in [0.15, 0.2) is 11.5 Å². The summed E-state index contributed by atoms with van der Waals surface area (Å²) in [5, 5.41) is 9.15. The van der Waals surface area contributed by atoms with Crippen molar-refractivity contribution in [1.82, 2.24) is 10.6 Å². The predicted molar refractivity (Wildman–Crippen MR) is 113 cm³/mol. The molecule has 2 aromatic rings. The number of benzene rings is 2. The number of carbonyl (C=O) groups excluding carboxylic acids is 2. The normalized spacial score (nSPS) is 18.8. The van der Waals surface area contributed by atoms with Gasteiger partial charge in [0.25, 0.3) is 0 Å². The average Bonchev–Trinajstić information content (AvgIpc) is 3.24. The molecule has 3 N–H and O–H groups in total. The first kappa shape index (κ1) is 20.2. The number of fused-ring (bicyclic) bond motifs is 2. The second-order valence-corrected chi connectivity index (χ2v) is 7.84. The number of amides is 2. The fourth-order valence-electron chi connectivity index (χ4n) is 3.79. The van der Waals surface area contributed by atoms with Crippen LogP contribution < -0.4 is 25.4 Å². The molecule has 0 fully saturated rings. The van der Waals surface area contributed by atoms with Crippen molar-refractivity contribution >= 4 is 17.5 Å². The maximum absolute atomic E-state index is 13.0. The Kier molecular flexibility index (Phi) is 5.90. The van der Waals surface area contributed by atoms with Crippen LogP contribution in [0.25, 0.3) is 0 Å². The smallest absolute Gasteiger partial charge is 0.247 e. The molecule has 2 aromatic carbocycles. The van der Waals surface area contributed by atoms with Crippen molar-refractivity contribution in [2.75, 3.05) is 12.1 Å². The van der Waals surface area contributed by atoms with Crippen LogP contribution in [0.3, 0.4) is 0 Å². The van der Waals surface area contributed by atoms with E-state index in [4.69, 9.17) is 9.47 Å². The fraction of sp³-hybridized carbons (Fsp3) is 0.391. The molecular weight excluding hydrogens is 382 g/mol. The van der Waals surface area contributed by atoms with Crippen molar-refractivity contribution in [3.8, 4) is 11.5 Å². The minimum atomic E-state index is -0.633. The van der Waals surface area contributed by atoms with Crippen molar-refractivity contribution in [3.05, 3.63) is 53.6 Å². The van der Waals surface area contributed by atoms with Crippen LogP contribution in [0.4, 0.5) is 5.69 Å². The lowest BCUT2D eigenvalue weighted by molar-refractivity contribution is -0.129. The van der Waals surface area contributed by atoms with Crippen LogP contribution in [0, 0.1) is 5.92 Å². The van der Waals surface area contributed by atoms with E-state index < -0.39 is 6.04 Å². The molecule has 2 aliphatic heterocycles. The standard InChI is InChI=1S/C23H27N3O4/c1-3-14(2)21(23(28)25-17-8-9-19-20(11-17)30-13-29-19)26-22(27)18-10-15-6-4-5-7-16(15)12-24-18/h4-9,11,14,18,21,24H,3,10,12-13H2,1-2H3,(H,25,28)(H,26,27). The minimum absolute atomic E-state index is 0.0150. The number of ether oxygens (including phenoxy) is 2. The highest BCUT2D eigenvalue weighted by atomic mass is 16.7. The van der Waals surface area contributed by atoms with E-state index in [2.05, 4.69) is 28.1 Å². The Morgan fingerprint density at radius 1 is 1.13 bits per heavy atom. The van der Waals surface area contributed by atoms with E-state index in [0.29, 0.717) is 30.2 Å². The number of rotatable bonds is 6. The number of hydrogen-bond donors (Lipinski definition) is 3. The Balaban J connectivity index is 1.43. The van der Waals surface area contributed by atoms with E-state index >= 15 is 0 Å². The fourth-order valence-corrected chi connectivity index (χ4v) is 3.79. The first-order valence-corrected chi connectivity index (χ1v) is 10.4. The molecule has 3 atom stereocenters. The zero-order valence-corrected chi connectivity index (χ0v) is 17.2. The summed E-state index contributed by atoms with van der Waals surface area (Å²) < 4.78 is 10.7. The molecule has 0 saturated carbocycles. The molecule has 4 rings (SSSR count). The summed E-state index contributed by atoms with van der Waals surface area (Å²) >= 11 is 0. The first-order chi connectivity index (χ1) is 14.5. The lowest BCUT2D eigenvalue weighted by atomic mass is 9.94. The van der Waals surface area contributed by atoms with Crippen LogP contribution in [-0.2, 0) is 22.6 Å². The van der Waals surface area contributed by atoms with Crippen molar-refractivity contribution in [3.63, 3.8) is 0 Å². The Morgan fingerprint density at radius 2 is 1.90 bits per heavy atom. The monoisotopic (exact) mass is 409 g/mol. The lowest BCUT2D eigenvalue weighted by Gasteiger charge is -2.29. The van der Waals surface area contributed by atoms with E-state index in [-0.39, 0.29) is 30.6 Å². The molecule has 0 radical (unpaired) electrons. The Labute approximate surface area is 176 Å². The third-order valence-electron chi connectivity index (χ3n) is 5.83. The molecule has 0 aliphatic carbocycles. The maximum Gasteiger partial charge on any atom is 0.247 e. The van der Waals surface area contributed by atoms with Crippen LogP contribution in [0.5, 0.6) is 11.5 Å². The number of hydrogen-bond acceptors (Lipinski definition) is 5. The molecule has 0 saturated heterocycles. The highest BCUT2D eigenvalue weighted by Crippen LogP contribution is 2.34. The van der Waals surface area contributed by atoms with Crippen molar-refractivity contribution in [2.45, 2.75) is 45.3 Å². The highest BCUT2D eigenvalue weighted by Gasteiger charge is 2.31. The molecule has 0 aromatic heterocycles. The summed E-state index contributed by atoms with van der Waals surface area (Å²) in [5.41, 5.74) is 2.98. The van der Waals surface area contributed by atoms with Gasteiger partial charge in [0.05, 0.1) is 6.04 Å². The van der Waals surface area contributed by atoms with Gasteiger partial charge in [-0.2, -0.15) is 0 Å². The maximum atomic E-state index is 13.0. The third-order valence-corrected chi connectivity index (χ3v) is 5.83. The summed E-state index contributed by atoms with van der Waals surface area (Å²) in [7, 11) is 0. The average molecular weight is 409 g/mol. The number of carbonyl (C=O) groups is 2. The molecule has 3 unspecified atom stereocenters. The van der Waals surface area contributed by atoms with E-state index in [1.807, 2.05) is 26.0 Å². The van der Waals surface area contributed by atoms with Crippen LogP contribution in [0.2, 0.25) is 0 Å². The van der Waals surface area contributed by atoms with Gasteiger partial charge in [0.2, 0.25) is 18.6 Å². The topological polar surface area (TPSA) is 88.7 Å². The highest BCUT2D eigenvalue weighted by molar-refractivity contribution is 5.98. The van der Waals surface area contributed by atoms with Crippen molar-refractivity contribution in [1.29, 1.82) is 0 Å². The van der Waals surface area contributed by atoms with E-state index in [0.717, 1.165) is 6.42 Å². The van der Waals surface area contributed by atoms with Gasteiger partial charge in [-0.1, -0.05) is 44.5 Å². The van der Waals surface area contributed by atoms with Gasteiger partial charge in [-0.05, 0) is 35.6 Å². The van der Waals surface area contributed by atoms with Crippen LogP contribution in [0.1, 0.15) is 31.4 Å². The molecule has 7 nitrogen and oxygen atoms in total. The molecule has 30 heavy (non-hydrogen) atoms. The molecular formula is C23H27N3O4. The Hall–Kier alpha value is -3.06. The summed E-state index contributed by atoms with van der Waals surface area (Å²) in [6.07, 6.45) is 1.37. The third kappa shape index (κ3) is 4.26. The van der Waals surface area contributed by atoms with Gasteiger partial charge in [0.1, 0.15) is 6.04 Å². The van der Waals surface area contributed by atoms with Gasteiger partial charge in [-0.25, -0.2) is 0 Å². The second-order valence-electron chi connectivity index (χ2n) is 7.84. The number of anilines is 1.